The van der Waals surface area contributed by atoms with Crippen molar-refractivity contribution in [2.24, 2.45) is 0 Å². The molecule has 1 saturated heterocycles. The van der Waals surface area contributed by atoms with E-state index in [2.05, 4.69) is 4.98 Å². The molecule has 1 aliphatic rings. The van der Waals surface area contributed by atoms with E-state index in [4.69, 9.17) is 4.74 Å². The van der Waals surface area contributed by atoms with Crippen molar-refractivity contribution in [3.8, 4) is 5.75 Å². The molecule has 7 nitrogen and oxygen atoms in total. The molecule has 184 valence electrons. The Labute approximate surface area is 208 Å². The quantitative estimate of drug-likeness (QED) is 0.375. The first kappa shape index (κ1) is 23.5. The molecule has 1 fully saturated rings. The number of aryl methyl sites for hydroxylation is 1. The summed E-state index contributed by atoms with van der Waals surface area (Å²) in [5, 5.41) is 0. The van der Waals surface area contributed by atoms with Crippen molar-refractivity contribution in [1.82, 2.24) is 14.3 Å². The number of ketones is 1. The fourth-order valence-corrected chi connectivity index (χ4v) is 4.47. The zero-order valence-corrected chi connectivity index (χ0v) is 20.3. The van der Waals surface area contributed by atoms with E-state index in [-0.39, 0.29) is 11.7 Å². The number of carbonyl (C=O) groups is 2. The van der Waals surface area contributed by atoms with Crippen LogP contribution in [0.25, 0.3) is 5.65 Å². The number of carbonyl (C=O) groups excluding carboxylic acids is 2. The number of nitrogens with zero attached hydrogens (tertiary/aromatic N) is 4. The van der Waals surface area contributed by atoms with E-state index in [1.54, 1.807) is 35.2 Å². The summed E-state index contributed by atoms with van der Waals surface area (Å²) in [4.78, 5) is 32.9. The maximum absolute atomic E-state index is 14.5. The number of Topliss-reactive ketones (excluding diaryl/α,β-unsaturated/α-hetero) is 1. The van der Waals surface area contributed by atoms with Gasteiger partial charge < -0.3 is 18.9 Å². The molecular weight excluding hydrogens is 459 g/mol. The molecule has 3 heterocycles. The van der Waals surface area contributed by atoms with Crippen molar-refractivity contribution in [1.29, 1.82) is 0 Å². The third-order valence-electron chi connectivity index (χ3n) is 6.46. The van der Waals surface area contributed by atoms with Crippen LogP contribution in [0, 0.1) is 12.7 Å². The molecule has 0 bridgehead atoms. The van der Waals surface area contributed by atoms with E-state index < -0.39 is 5.82 Å². The van der Waals surface area contributed by atoms with Crippen LogP contribution < -0.4 is 9.64 Å². The highest BCUT2D eigenvalue weighted by Gasteiger charge is 2.24. The zero-order valence-electron chi connectivity index (χ0n) is 20.3. The van der Waals surface area contributed by atoms with Gasteiger partial charge in [0, 0.05) is 49.7 Å². The number of amides is 1. The van der Waals surface area contributed by atoms with Gasteiger partial charge >= 0.3 is 0 Å². The lowest BCUT2D eigenvalue weighted by Gasteiger charge is -2.36. The molecule has 0 N–H and O–H groups in total. The molecule has 36 heavy (non-hydrogen) atoms. The number of fused-ring (bicyclic) bond motifs is 1. The number of imidazole rings is 1. The molecule has 0 saturated carbocycles. The van der Waals surface area contributed by atoms with Crippen LogP contribution in [0.4, 0.5) is 10.1 Å². The number of ether oxygens (including phenoxy) is 1. The Hall–Kier alpha value is -4.20. The van der Waals surface area contributed by atoms with Gasteiger partial charge in [0.1, 0.15) is 23.8 Å². The van der Waals surface area contributed by atoms with Crippen molar-refractivity contribution in [2.75, 3.05) is 31.1 Å². The Morgan fingerprint density at radius 1 is 1.00 bits per heavy atom. The third-order valence-corrected chi connectivity index (χ3v) is 6.46. The third kappa shape index (κ3) is 4.79. The van der Waals surface area contributed by atoms with Crippen LogP contribution in [-0.4, -0.2) is 52.2 Å². The van der Waals surface area contributed by atoms with Gasteiger partial charge in [-0.3, -0.25) is 9.59 Å². The minimum absolute atomic E-state index is 0.0872. The number of pyridine rings is 1. The summed E-state index contributed by atoms with van der Waals surface area (Å²) in [7, 11) is 0. The largest absolute Gasteiger partial charge is 0.487 e. The van der Waals surface area contributed by atoms with Crippen LogP contribution in [0.1, 0.15) is 38.9 Å². The normalized spacial score (nSPS) is 13.8. The summed E-state index contributed by atoms with van der Waals surface area (Å²) in [6.07, 6.45) is 3.89. The molecule has 0 aliphatic carbocycles. The van der Waals surface area contributed by atoms with Gasteiger partial charge in [-0.1, -0.05) is 12.1 Å². The maximum atomic E-state index is 14.5. The number of aromatic nitrogens is 2. The van der Waals surface area contributed by atoms with Crippen molar-refractivity contribution >= 4 is 23.0 Å². The van der Waals surface area contributed by atoms with E-state index in [0.29, 0.717) is 55.3 Å². The average molecular weight is 487 g/mol. The van der Waals surface area contributed by atoms with E-state index in [1.165, 1.54) is 13.0 Å². The molecule has 0 spiro atoms. The second kappa shape index (κ2) is 9.81. The molecule has 4 aromatic rings. The highest BCUT2D eigenvalue weighted by Crippen LogP contribution is 2.23. The van der Waals surface area contributed by atoms with Crippen LogP contribution in [0.15, 0.2) is 67.0 Å². The Bertz CT molecular complexity index is 1440. The summed E-state index contributed by atoms with van der Waals surface area (Å²) in [6.45, 7) is 5.68. The van der Waals surface area contributed by atoms with Gasteiger partial charge in [-0.05, 0) is 61.9 Å². The minimum Gasteiger partial charge on any atom is -0.487 e. The molecule has 2 aromatic heterocycles. The lowest BCUT2D eigenvalue weighted by molar-refractivity contribution is 0.0746. The smallest absolute Gasteiger partial charge is 0.254 e. The second-order valence-electron chi connectivity index (χ2n) is 8.97. The number of hydrogen-bond acceptors (Lipinski definition) is 5. The molecule has 1 aliphatic heterocycles. The lowest BCUT2D eigenvalue weighted by atomic mass is 10.1. The first-order valence-corrected chi connectivity index (χ1v) is 11.9. The second-order valence-corrected chi connectivity index (χ2v) is 8.97. The number of benzene rings is 2. The molecule has 0 atom stereocenters. The van der Waals surface area contributed by atoms with Gasteiger partial charge in [-0.2, -0.15) is 0 Å². The SMILES string of the molecule is CC(=O)c1ccc(N2CCN(C(=O)c3cccc(OCc4cn5cccc(C)c5n4)c3)CC2)c(F)c1. The van der Waals surface area contributed by atoms with Gasteiger partial charge in [-0.25, -0.2) is 9.37 Å². The summed E-state index contributed by atoms with van der Waals surface area (Å²) in [5.74, 6) is -0.0830. The van der Waals surface area contributed by atoms with Crippen molar-refractivity contribution in [3.05, 3.63) is 95.2 Å². The molecule has 0 radical (unpaired) electrons. The van der Waals surface area contributed by atoms with E-state index in [1.807, 2.05) is 46.8 Å². The summed E-state index contributed by atoms with van der Waals surface area (Å²) >= 11 is 0. The number of rotatable bonds is 6. The molecule has 2 aromatic carbocycles. The molecule has 1 amide bonds. The highest BCUT2D eigenvalue weighted by atomic mass is 19.1. The first-order valence-electron chi connectivity index (χ1n) is 11.9. The van der Waals surface area contributed by atoms with E-state index in [9.17, 15) is 14.0 Å². The minimum atomic E-state index is -0.423. The molecular formula is C28H27FN4O3. The number of piperazine rings is 1. The van der Waals surface area contributed by atoms with Crippen LogP contribution in [0.2, 0.25) is 0 Å². The Morgan fingerprint density at radius 3 is 2.53 bits per heavy atom. The predicted octanol–water partition coefficient (Wildman–Crippen LogP) is 4.53. The van der Waals surface area contributed by atoms with Crippen LogP contribution in [0.3, 0.4) is 0 Å². The fraction of sp³-hybridized carbons (Fsp3) is 0.250. The first-order chi connectivity index (χ1) is 17.4. The maximum Gasteiger partial charge on any atom is 0.254 e. The van der Waals surface area contributed by atoms with Gasteiger partial charge in [0.25, 0.3) is 5.91 Å². The zero-order chi connectivity index (χ0) is 25.2. The average Bonchev–Trinajstić information content (AvgIpc) is 3.32. The van der Waals surface area contributed by atoms with Crippen LogP contribution >= 0.6 is 0 Å². The van der Waals surface area contributed by atoms with Gasteiger partial charge in [0.05, 0.1) is 11.4 Å². The van der Waals surface area contributed by atoms with Gasteiger partial charge in [-0.15, -0.1) is 0 Å². The molecule has 0 unspecified atom stereocenters. The van der Waals surface area contributed by atoms with Gasteiger partial charge in [0.2, 0.25) is 0 Å². The van der Waals surface area contributed by atoms with E-state index >= 15 is 0 Å². The standard InChI is InChI=1S/C28H27FN4O3/c1-19-5-4-10-33-17-23(30-27(19)33)18-36-24-7-3-6-22(15-24)28(35)32-13-11-31(12-14-32)26-9-8-21(20(2)34)16-25(26)29/h3-10,15-17H,11-14,18H2,1-2H3. The Balaban J connectivity index is 1.21. The molecule has 8 heteroatoms. The Kier molecular flexibility index (Phi) is 6.41. The Morgan fingerprint density at radius 2 is 1.81 bits per heavy atom. The van der Waals surface area contributed by atoms with Gasteiger partial charge in [0.15, 0.2) is 5.78 Å². The summed E-state index contributed by atoms with van der Waals surface area (Å²) in [5.41, 5.74) is 4.14. The lowest BCUT2D eigenvalue weighted by Crippen LogP contribution is -2.49. The number of halogens is 1. The summed E-state index contributed by atoms with van der Waals surface area (Å²) < 4.78 is 22.4. The van der Waals surface area contributed by atoms with E-state index in [0.717, 1.165) is 16.9 Å². The topological polar surface area (TPSA) is 67.2 Å². The summed E-state index contributed by atoms with van der Waals surface area (Å²) in [6, 6.07) is 15.7. The highest BCUT2D eigenvalue weighted by molar-refractivity contribution is 5.95. The predicted molar refractivity (Wildman–Crippen MR) is 135 cm³/mol. The van der Waals surface area contributed by atoms with Crippen molar-refractivity contribution < 1.29 is 18.7 Å². The number of anilines is 1. The van der Waals surface area contributed by atoms with Crippen molar-refractivity contribution in [2.45, 2.75) is 20.5 Å². The van der Waals surface area contributed by atoms with Crippen LogP contribution in [0.5, 0.6) is 5.75 Å². The monoisotopic (exact) mass is 486 g/mol. The van der Waals surface area contributed by atoms with Crippen LogP contribution in [-0.2, 0) is 6.61 Å². The van der Waals surface area contributed by atoms with Crippen molar-refractivity contribution in [3.63, 3.8) is 0 Å². The molecule has 5 rings (SSSR count). The number of hydrogen-bond donors (Lipinski definition) is 0. The fourth-order valence-electron chi connectivity index (χ4n) is 4.47.